The number of carbonyl (C=O) groups is 1. The van der Waals surface area contributed by atoms with E-state index in [1.807, 2.05) is 0 Å². The Labute approximate surface area is 181 Å². The van der Waals surface area contributed by atoms with E-state index in [-0.39, 0.29) is 24.0 Å². The molecule has 1 unspecified atom stereocenters. The minimum absolute atomic E-state index is 0.0800. The SMILES string of the molecule is O=C(NC1(CO)CCCC1)C1CCCN(C2CCN(CCc3ccccc3)CC2)C1. The summed E-state index contributed by atoms with van der Waals surface area (Å²) in [5, 5.41) is 13.1. The summed E-state index contributed by atoms with van der Waals surface area (Å²) in [5.41, 5.74) is 1.08. The van der Waals surface area contributed by atoms with Crippen LogP contribution in [0.25, 0.3) is 0 Å². The minimum Gasteiger partial charge on any atom is -0.394 e. The summed E-state index contributed by atoms with van der Waals surface area (Å²) < 4.78 is 0. The van der Waals surface area contributed by atoms with Gasteiger partial charge in [-0.3, -0.25) is 9.69 Å². The first-order chi connectivity index (χ1) is 14.7. The number of likely N-dealkylation sites (tertiary alicyclic amines) is 2. The molecule has 3 fully saturated rings. The summed E-state index contributed by atoms with van der Waals surface area (Å²) in [4.78, 5) is 18.1. The maximum absolute atomic E-state index is 13.0. The van der Waals surface area contributed by atoms with Gasteiger partial charge in [-0.1, -0.05) is 43.2 Å². The lowest BCUT2D eigenvalue weighted by Crippen LogP contribution is -2.55. The lowest BCUT2D eigenvalue weighted by Gasteiger charge is -2.42. The number of piperidine rings is 2. The molecule has 5 nitrogen and oxygen atoms in total. The molecule has 1 aromatic carbocycles. The standard InChI is InChI=1S/C25H39N3O2/c29-20-25(13-4-5-14-25)26-24(30)22-9-6-15-28(19-22)23-11-17-27(18-12-23)16-10-21-7-2-1-3-8-21/h1-3,7-8,22-23,29H,4-6,9-20H2,(H,26,30). The smallest absolute Gasteiger partial charge is 0.224 e. The Morgan fingerprint density at radius 2 is 1.77 bits per heavy atom. The van der Waals surface area contributed by atoms with Crippen molar-refractivity contribution in [3.8, 4) is 0 Å². The van der Waals surface area contributed by atoms with E-state index >= 15 is 0 Å². The van der Waals surface area contributed by atoms with Crippen LogP contribution in [0.4, 0.5) is 0 Å². The van der Waals surface area contributed by atoms with Crippen LogP contribution >= 0.6 is 0 Å². The minimum atomic E-state index is -0.344. The number of carbonyl (C=O) groups excluding carboxylic acids is 1. The van der Waals surface area contributed by atoms with Gasteiger partial charge in [0.1, 0.15) is 0 Å². The van der Waals surface area contributed by atoms with Gasteiger partial charge in [-0.2, -0.15) is 0 Å². The number of hydrogen-bond acceptors (Lipinski definition) is 4. The molecule has 0 radical (unpaired) electrons. The molecule has 1 aliphatic carbocycles. The highest BCUT2D eigenvalue weighted by atomic mass is 16.3. The zero-order valence-electron chi connectivity index (χ0n) is 18.4. The normalized spacial score (nSPS) is 26.0. The van der Waals surface area contributed by atoms with Crippen LogP contribution in [0.5, 0.6) is 0 Å². The predicted molar refractivity (Wildman–Crippen MR) is 120 cm³/mol. The topological polar surface area (TPSA) is 55.8 Å². The van der Waals surface area contributed by atoms with Crippen LogP contribution in [0.1, 0.15) is 56.9 Å². The van der Waals surface area contributed by atoms with Gasteiger partial charge in [0.05, 0.1) is 18.1 Å². The molecular weight excluding hydrogens is 374 g/mol. The van der Waals surface area contributed by atoms with Crippen LogP contribution in [0.2, 0.25) is 0 Å². The quantitative estimate of drug-likeness (QED) is 0.722. The van der Waals surface area contributed by atoms with E-state index in [0.29, 0.717) is 6.04 Å². The molecule has 1 aromatic rings. The Hall–Kier alpha value is -1.43. The molecule has 0 aromatic heterocycles. The second-order valence-corrected chi connectivity index (χ2v) is 9.78. The van der Waals surface area contributed by atoms with Gasteiger partial charge in [0, 0.05) is 19.1 Å². The van der Waals surface area contributed by atoms with Crippen LogP contribution < -0.4 is 5.32 Å². The highest BCUT2D eigenvalue weighted by molar-refractivity contribution is 5.79. The fraction of sp³-hybridized carbons (Fsp3) is 0.720. The van der Waals surface area contributed by atoms with E-state index in [0.717, 1.165) is 64.6 Å². The highest BCUT2D eigenvalue weighted by Crippen LogP contribution is 2.31. The first kappa shape index (κ1) is 21.8. The molecule has 2 aliphatic heterocycles. The third kappa shape index (κ3) is 5.43. The lowest BCUT2D eigenvalue weighted by molar-refractivity contribution is -0.129. The van der Waals surface area contributed by atoms with Gasteiger partial charge in [0.25, 0.3) is 0 Å². The van der Waals surface area contributed by atoms with Crippen molar-refractivity contribution < 1.29 is 9.90 Å². The van der Waals surface area contributed by atoms with E-state index in [1.54, 1.807) is 0 Å². The van der Waals surface area contributed by atoms with Crippen molar-refractivity contribution >= 4 is 5.91 Å². The van der Waals surface area contributed by atoms with Crippen molar-refractivity contribution in [2.45, 2.75) is 69.4 Å². The number of rotatable bonds is 7. The van der Waals surface area contributed by atoms with Crippen LogP contribution in [0.15, 0.2) is 30.3 Å². The number of amides is 1. The van der Waals surface area contributed by atoms with Crippen LogP contribution in [0, 0.1) is 5.92 Å². The van der Waals surface area contributed by atoms with Gasteiger partial charge in [-0.15, -0.1) is 0 Å². The Kier molecular flexibility index (Phi) is 7.45. The Morgan fingerprint density at radius 3 is 2.47 bits per heavy atom. The molecule has 4 rings (SSSR count). The summed E-state index contributed by atoms with van der Waals surface area (Å²) in [6.45, 7) is 5.57. The van der Waals surface area contributed by atoms with E-state index < -0.39 is 0 Å². The Morgan fingerprint density at radius 1 is 1.03 bits per heavy atom. The summed E-state index contributed by atoms with van der Waals surface area (Å²) in [6, 6.07) is 11.4. The predicted octanol–water partition coefficient (Wildman–Crippen LogP) is 2.83. The zero-order valence-corrected chi connectivity index (χ0v) is 18.4. The molecule has 0 bridgehead atoms. The molecule has 2 N–H and O–H groups in total. The fourth-order valence-corrected chi connectivity index (χ4v) is 5.73. The van der Waals surface area contributed by atoms with Gasteiger partial charge < -0.3 is 15.3 Å². The second-order valence-electron chi connectivity index (χ2n) is 9.78. The van der Waals surface area contributed by atoms with Crippen LogP contribution in [0.3, 0.4) is 0 Å². The van der Waals surface area contributed by atoms with Gasteiger partial charge >= 0.3 is 0 Å². The first-order valence-electron chi connectivity index (χ1n) is 12.1. The van der Waals surface area contributed by atoms with Gasteiger partial charge in [-0.25, -0.2) is 0 Å². The molecule has 1 amide bonds. The lowest BCUT2D eigenvalue weighted by atomic mass is 9.91. The maximum atomic E-state index is 13.0. The number of hydrogen-bond donors (Lipinski definition) is 2. The summed E-state index contributed by atoms with van der Waals surface area (Å²) >= 11 is 0. The molecule has 3 aliphatic rings. The van der Waals surface area contributed by atoms with E-state index in [9.17, 15) is 9.90 Å². The number of nitrogens with one attached hydrogen (secondary N) is 1. The van der Waals surface area contributed by atoms with Gasteiger partial charge in [-0.05, 0) is 70.1 Å². The summed E-state index contributed by atoms with van der Waals surface area (Å²) in [6.07, 6.45) is 9.72. The molecule has 0 spiro atoms. The molecule has 30 heavy (non-hydrogen) atoms. The molecule has 2 saturated heterocycles. The van der Waals surface area contributed by atoms with Crippen LogP contribution in [-0.4, -0.2) is 71.7 Å². The van der Waals surface area contributed by atoms with Crippen molar-refractivity contribution in [3.63, 3.8) is 0 Å². The third-order valence-electron chi connectivity index (χ3n) is 7.71. The van der Waals surface area contributed by atoms with E-state index in [1.165, 1.54) is 31.5 Å². The second kappa shape index (κ2) is 10.3. The molecular formula is C25H39N3O2. The van der Waals surface area contributed by atoms with Crippen molar-refractivity contribution in [1.29, 1.82) is 0 Å². The average Bonchev–Trinajstić information content (AvgIpc) is 3.28. The largest absolute Gasteiger partial charge is 0.394 e. The van der Waals surface area contributed by atoms with E-state index in [4.69, 9.17) is 0 Å². The monoisotopic (exact) mass is 413 g/mol. The number of aliphatic hydroxyl groups excluding tert-OH is 1. The first-order valence-corrected chi connectivity index (χ1v) is 12.1. The summed E-state index contributed by atoms with van der Waals surface area (Å²) in [7, 11) is 0. The Balaban J connectivity index is 1.22. The van der Waals surface area contributed by atoms with Gasteiger partial charge in [0.15, 0.2) is 0 Å². The van der Waals surface area contributed by atoms with Crippen molar-refractivity contribution in [1.82, 2.24) is 15.1 Å². The summed E-state index contributed by atoms with van der Waals surface area (Å²) in [5.74, 6) is 0.259. The number of benzene rings is 1. The fourth-order valence-electron chi connectivity index (χ4n) is 5.73. The molecule has 1 atom stereocenters. The van der Waals surface area contributed by atoms with Crippen LogP contribution in [-0.2, 0) is 11.2 Å². The maximum Gasteiger partial charge on any atom is 0.224 e. The highest BCUT2D eigenvalue weighted by Gasteiger charge is 2.38. The van der Waals surface area contributed by atoms with Crippen molar-refractivity contribution in [3.05, 3.63) is 35.9 Å². The average molecular weight is 414 g/mol. The van der Waals surface area contributed by atoms with Gasteiger partial charge in [0.2, 0.25) is 5.91 Å². The molecule has 2 heterocycles. The number of nitrogens with zero attached hydrogens (tertiary/aromatic N) is 2. The molecule has 1 saturated carbocycles. The molecule has 166 valence electrons. The molecule has 5 heteroatoms. The van der Waals surface area contributed by atoms with E-state index in [2.05, 4.69) is 45.4 Å². The third-order valence-corrected chi connectivity index (χ3v) is 7.71. The number of aliphatic hydroxyl groups is 1. The zero-order chi connectivity index (χ0) is 20.8. The van der Waals surface area contributed by atoms with Crippen molar-refractivity contribution in [2.24, 2.45) is 5.92 Å². The van der Waals surface area contributed by atoms with Crippen molar-refractivity contribution in [2.75, 3.05) is 39.3 Å². The Bertz CT molecular complexity index is 666.